The number of amides is 1. The number of hydrogen-bond donors (Lipinski definition) is 2. The molecule has 0 bridgehead atoms. The van der Waals surface area contributed by atoms with Gasteiger partial charge in [0.05, 0.1) is 0 Å². The Morgan fingerprint density at radius 2 is 2.28 bits per heavy atom. The first kappa shape index (κ1) is 14.0. The quantitative estimate of drug-likeness (QED) is 0.550. The van der Waals surface area contributed by atoms with Gasteiger partial charge < -0.3 is 16.0 Å². The Bertz CT molecular complexity index is 402. The van der Waals surface area contributed by atoms with Crippen molar-refractivity contribution in [2.75, 3.05) is 27.2 Å². The highest BCUT2D eigenvalue weighted by molar-refractivity contribution is 5.83. The third-order valence-electron chi connectivity index (χ3n) is 2.30. The van der Waals surface area contributed by atoms with Crippen LogP contribution in [0.25, 0.3) is 0 Å². The number of carbonyl (C=O) groups is 1. The first-order valence-corrected chi connectivity index (χ1v) is 5.73. The molecular formula is C12H19N5O. The minimum absolute atomic E-state index is 0.0649. The summed E-state index contributed by atoms with van der Waals surface area (Å²) < 4.78 is 0. The Morgan fingerprint density at radius 1 is 1.50 bits per heavy atom. The predicted octanol–water partition coefficient (Wildman–Crippen LogP) is -0.383. The Labute approximate surface area is 107 Å². The van der Waals surface area contributed by atoms with Gasteiger partial charge in [-0.05, 0) is 12.1 Å². The number of carbonyl (C=O) groups excluding carboxylic acids is 1. The van der Waals surface area contributed by atoms with Crippen molar-refractivity contribution in [2.24, 2.45) is 10.7 Å². The molecule has 1 rings (SSSR count). The van der Waals surface area contributed by atoms with Crippen molar-refractivity contribution in [3.63, 3.8) is 0 Å². The number of aromatic nitrogens is 1. The third-order valence-corrected chi connectivity index (χ3v) is 2.30. The molecule has 0 aliphatic rings. The van der Waals surface area contributed by atoms with Crippen molar-refractivity contribution in [3.05, 3.63) is 30.1 Å². The van der Waals surface area contributed by atoms with E-state index in [1.165, 1.54) is 4.90 Å². The first-order chi connectivity index (χ1) is 8.59. The third kappa shape index (κ3) is 5.29. The molecule has 1 aromatic heterocycles. The molecular weight excluding hydrogens is 230 g/mol. The number of guanidine groups is 1. The van der Waals surface area contributed by atoms with E-state index < -0.39 is 0 Å². The number of pyridine rings is 1. The van der Waals surface area contributed by atoms with Crippen LogP contribution in [0.2, 0.25) is 0 Å². The average Bonchev–Trinajstić information content (AvgIpc) is 2.37. The fourth-order valence-electron chi connectivity index (χ4n) is 1.21. The van der Waals surface area contributed by atoms with Gasteiger partial charge in [0.15, 0.2) is 5.96 Å². The van der Waals surface area contributed by atoms with Crippen molar-refractivity contribution in [3.8, 4) is 0 Å². The normalized spacial score (nSPS) is 11.1. The minimum Gasteiger partial charge on any atom is -0.370 e. The fraction of sp³-hybridized carbons (Fsp3) is 0.417. The summed E-state index contributed by atoms with van der Waals surface area (Å²) in [5.41, 5.74) is 6.62. The van der Waals surface area contributed by atoms with Gasteiger partial charge in [0.2, 0.25) is 5.91 Å². The summed E-state index contributed by atoms with van der Waals surface area (Å²) >= 11 is 0. The van der Waals surface area contributed by atoms with Crippen LogP contribution in [0.15, 0.2) is 29.4 Å². The molecule has 6 nitrogen and oxygen atoms in total. The van der Waals surface area contributed by atoms with Gasteiger partial charge in [-0.2, -0.15) is 0 Å². The van der Waals surface area contributed by atoms with Crippen LogP contribution in [-0.2, 0) is 11.2 Å². The summed E-state index contributed by atoms with van der Waals surface area (Å²) in [6, 6.07) is 5.76. The molecule has 3 N–H and O–H groups in total. The number of hydrogen-bond acceptors (Lipinski definition) is 3. The Balaban J connectivity index is 2.27. The second-order valence-corrected chi connectivity index (χ2v) is 3.99. The first-order valence-electron chi connectivity index (χ1n) is 5.73. The van der Waals surface area contributed by atoms with E-state index in [1.54, 1.807) is 20.3 Å². The number of aliphatic imine (C=N–C) groups is 1. The minimum atomic E-state index is -0.0792. The van der Waals surface area contributed by atoms with Gasteiger partial charge in [0.1, 0.15) is 6.54 Å². The fourth-order valence-corrected chi connectivity index (χ4v) is 1.21. The average molecular weight is 249 g/mol. The van der Waals surface area contributed by atoms with Crippen molar-refractivity contribution in [2.45, 2.75) is 6.42 Å². The molecule has 98 valence electrons. The van der Waals surface area contributed by atoms with Crippen LogP contribution in [-0.4, -0.2) is 48.9 Å². The van der Waals surface area contributed by atoms with E-state index in [9.17, 15) is 4.79 Å². The van der Waals surface area contributed by atoms with Gasteiger partial charge in [-0.15, -0.1) is 0 Å². The maximum atomic E-state index is 11.3. The predicted molar refractivity (Wildman–Crippen MR) is 71.1 cm³/mol. The largest absolute Gasteiger partial charge is 0.370 e. The zero-order valence-corrected chi connectivity index (χ0v) is 10.8. The van der Waals surface area contributed by atoms with Crippen molar-refractivity contribution >= 4 is 11.9 Å². The highest BCUT2D eigenvalue weighted by atomic mass is 16.2. The smallest absolute Gasteiger partial charge is 0.243 e. The molecule has 1 heterocycles. The van der Waals surface area contributed by atoms with Gasteiger partial charge in [-0.1, -0.05) is 6.07 Å². The molecule has 0 aliphatic carbocycles. The molecule has 0 aliphatic heterocycles. The summed E-state index contributed by atoms with van der Waals surface area (Å²) in [6.45, 7) is 0.706. The van der Waals surface area contributed by atoms with E-state index in [-0.39, 0.29) is 18.4 Å². The van der Waals surface area contributed by atoms with Gasteiger partial charge >= 0.3 is 0 Å². The summed E-state index contributed by atoms with van der Waals surface area (Å²) in [6.07, 6.45) is 2.52. The molecule has 0 radical (unpaired) electrons. The van der Waals surface area contributed by atoms with Crippen LogP contribution in [0, 0.1) is 0 Å². The SMILES string of the molecule is CN(C)C(=O)CN=C(N)NCCc1ccccn1. The molecule has 0 atom stereocenters. The van der Waals surface area contributed by atoms with Crippen LogP contribution >= 0.6 is 0 Å². The molecule has 6 heteroatoms. The topological polar surface area (TPSA) is 83.6 Å². The summed E-state index contributed by atoms with van der Waals surface area (Å²) in [4.78, 5) is 20.9. The van der Waals surface area contributed by atoms with E-state index in [2.05, 4.69) is 15.3 Å². The second-order valence-electron chi connectivity index (χ2n) is 3.99. The van der Waals surface area contributed by atoms with Gasteiger partial charge in [0, 0.05) is 39.0 Å². The van der Waals surface area contributed by atoms with E-state index in [0.29, 0.717) is 6.54 Å². The number of nitrogens with zero attached hydrogens (tertiary/aromatic N) is 3. The lowest BCUT2D eigenvalue weighted by Crippen LogP contribution is -2.35. The molecule has 1 aromatic rings. The number of nitrogens with two attached hydrogens (primary N) is 1. The second kappa shape index (κ2) is 7.26. The van der Waals surface area contributed by atoms with Gasteiger partial charge in [0.25, 0.3) is 0 Å². The molecule has 18 heavy (non-hydrogen) atoms. The van der Waals surface area contributed by atoms with Crippen LogP contribution in [0.5, 0.6) is 0 Å². The van der Waals surface area contributed by atoms with Crippen molar-refractivity contribution < 1.29 is 4.79 Å². The molecule has 0 saturated heterocycles. The number of likely N-dealkylation sites (N-methyl/N-ethyl adjacent to an activating group) is 1. The highest BCUT2D eigenvalue weighted by Gasteiger charge is 2.02. The zero-order valence-electron chi connectivity index (χ0n) is 10.8. The number of nitrogens with one attached hydrogen (secondary N) is 1. The van der Waals surface area contributed by atoms with E-state index >= 15 is 0 Å². The van der Waals surface area contributed by atoms with Crippen LogP contribution in [0.1, 0.15) is 5.69 Å². The molecule has 0 spiro atoms. The van der Waals surface area contributed by atoms with Gasteiger partial charge in [-0.25, -0.2) is 4.99 Å². The van der Waals surface area contributed by atoms with Gasteiger partial charge in [-0.3, -0.25) is 9.78 Å². The molecule has 0 saturated carbocycles. The standard InChI is InChI=1S/C12H19N5O/c1-17(2)11(18)9-16-12(13)15-8-6-10-5-3-4-7-14-10/h3-5,7H,6,8-9H2,1-2H3,(H3,13,15,16). The summed E-state index contributed by atoms with van der Waals surface area (Å²) in [5.74, 6) is 0.200. The van der Waals surface area contributed by atoms with E-state index in [1.807, 2.05) is 18.2 Å². The molecule has 0 fully saturated rings. The summed E-state index contributed by atoms with van der Waals surface area (Å²) in [5, 5.41) is 2.94. The van der Waals surface area contributed by atoms with Crippen molar-refractivity contribution in [1.29, 1.82) is 0 Å². The maximum Gasteiger partial charge on any atom is 0.243 e. The van der Waals surface area contributed by atoms with Crippen molar-refractivity contribution in [1.82, 2.24) is 15.2 Å². The monoisotopic (exact) mass is 249 g/mol. The van der Waals surface area contributed by atoms with Crippen LogP contribution < -0.4 is 11.1 Å². The summed E-state index contributed by atoms with van der Waals surface area (Å²) in [7, 11) is 3.37. The van der Waals surface area contributed by atoms with Crippen LogP contribution in [0.4, 0.5) is 0 Å². The van der Waals surface area contributed by atoms with E-state index in [4.69, 9.17) is 5.73 Å². The van der Waals surface area contributed by atoms with Crippen LogP contribution in [0.3, 0.4) is 0 Å². The Morgan fingerprint density at radius 3 is 2.89 bits per heavy atom. The lowest BCUT2D eigenvalue weighted by molar-refractivity contribution is -0.127. The zero-order chi connectivity index (χ0) is 13.4. The molecule has 0 aromatic carbocycles. The lowest BCUT2D eigenvalue weighted by atomic mass is 10.3. The highest BCUT2D eigenvalue weighted by Crippen LogP contribution is 1.92. The van der Waals surface area contributed by atoms with E-state index in [0.717, 1.165) is 12.1 Å². The lowest BCUT2D eigenvalue weighted by Gasteiger charge is -2.08. The maximum absolute atomic E-state index is 11.3. The number of rotatable bonds is 5. The Kier molecular flexibility index (Phi) is 5.63. The Hall–Kier alpha value is -2.11. The molecule has 1 amide bonds. The molecule has 0 unspecified atom stereocenters.